The molecule has 1 aromatic heterocycles. The average molecular weight is 303 g/mol. The Labute approximate surface area is 131 Å². The van der Waals surface area contributed by atoms with Crippen LogP contribution in [-0.4, -0.2) is 15.4 Å². The van der Waals surface area contributed by atoms with Crippen LogP contribution in [0, 0.1) is 24.7 Å². The molecule has 2 nitrogen and oxygen atoms in total. The minimum Gasteiger partial charge on any atom is -0.328 e. The number of rotatable bonds is 6. The van der Waals surface area contributed by atoms with E-state index in [-0.39, 0.29) is 0 Å². The third-order valence-electron chi connectivity index (χ3n) is 5.15. The van der Waals surface area contributed by atoms with Crippen molar-refractivity contribution in [1.82, 2.24) is 9.55 Å². The smallest absolute Gasteiger partial charge is 0.111 e. The summed E-state index contributed by atoms with van der Waals surface area (Å²) in [7, 11) is 0. The van der Waals surface area contributed by atoms with Crippen LogP contribution in [0.1, 0.15) is 37.1 Å². The minimum atomic E-state index is 0.653. The van der Waals surface area contributed by atoms with E-state index in [0.29, 0.717) is 5.88 Å². The summed E-state index contributed by atoms with van der Waals surface area (Å²) in [6, 6.07) is 6.65. The molecule has 1 heterocycles. The van der Waals surface area contributed by atoms with Crippen molar-refractivity contribution in [2.75, 3.05) is 5.88 Å². The number of benzene rings is 1. The molecule has 2 aromatic rings. The summed E-state index contributed by atoms with van der Waals surface area (Å²) in [5.74, 6) is 4.66. The monoisotopic (exact) mass is 302 g/mol. The van der Waals surface area contributed by atoms with Gasteiger partial charge >= 0.3 is 0 Å². The second-order valence-electron chi connectivity index (χ2n) is 6.91. The van der Waals surface area contributed by atoms with Gasteiger partial charge in [-0.3, -0.25) is 0 Å². The summed E-state index contributed by atoms with van der Waals surface area (Å²) < 4.78 is 2.47. The van der Waals surface area contributed by atoms with Crippen LogP contribution >= 0.6 is 11.6 Å². The molecule has 1 aromatic carbocycles. The van der Waals surface area contributed by atoms with Crippen LogP contribution in [0.3, 0.4) is 0 Å². The molecular weight excluding hydrogens is 280 g/mol. The second kappa shape index (κ2) is 5.31. The summed E-state index contributed by atoms with van der Waals surface area (Å²) in [5, 5.41) is 0. The van der Waals surface area contributed by atoms with Crippen LogP contribution in [0.4, 0.5) is 0 Å². The molecule has 0 aliphatic heterocycles. The number of hydrogen-bond acceptors (Lipinski definition) is 1. The van der Waals surface area contributed by atoms with Gasteiger partial charge in [0.1, 0.15) is 5.82 Å². The molecule has 0 amide bonds. The van der Waals surface area contributed by atoms with Gasteiger partial charge in [0.15, 0.2) is 0 Å². The summed E-state index contributed by atoms with van der Waals surface area (Å²) in [6.45, 7) is 3.29. The topological polar surface area (TPSA) is 17.8 Å². The molecule has 0 bridgehead atoms. The van der Waals surface area contributed by atoms with Gasteiger partial charge in [0.05, 0.1) is 11.0 Å². The van der Waals surface area contributed by atoms with Crippen LogP contribution in [0.5, 0.6) is 0 Å². The van der Waals surface area contributed by atoms with Gasteiger partial charge in [-0.2, -0.15) is 0 Å². The van der Waals surface area contributed by atoms with Crippen molar-refractivity contribution in [2.45, 2.75) is 45.6 Å². The number of aryl methyl sites for hydroxylation is 2. The lowest BCUT2D eigenvalue weighted by Gasteiger charge is -2.18. The lowest BCUT2D eigenvalue weighted by atomic mass is 9.97. The highest BCUT2D eigenvalue weighted by Gasteiger charge is 2.41. The Hall–Kier alpha value is -1.02. The first kappa shape index (κ1) is 13.6. The Morgan fingerprint density at radius 1 is 1.24 bits per heavy atom. The summed E-state index contributed by atoms with van der Waals surface area (Å²) in [4.78, 5) is 4.85. The molecular formula is C18H23ClN2. The molecule has 112 valence electrons. The van der Waals surface area contributed by atoms with Crippen molar-refractivity contribution in [3.8, 4) is 0 Å². The fraction of sp³-hybridized carbons (Fsp3) is 0.611. The molecule has 3 heteroatoms. The third kappa shape index (κ3) is 2.70. The zero-order valence-electron chi connectivity index (χ0n) is 12.7. The molecule has 0 radical (unpaired) electrons. The average Bonchev–Trinajstić information content (AvgIpc) is 3.35. The van der Waals surface area contributed by atoms with Crippen LogP contribution in [-0.2, 0) is 13.0 Å². The summed E-state index contributed by atoms with van der Waals surface area (Å²) in [6.07, 6.45) is 6.64. The molecule has 0 saturated heterocycles. The number of fused-ring (bicyclic) bond motifs is 1. The van der Waals surface area contributed by atoms with Crippen LogP contribution in [0.25, 0.3) is 11.0 Å². The maximum atomic E-state index is 6.00. The van der Waals surface area contributed by atoms with E-state index in [0.717, 1.165) is 36.2 Å². The molecule has 0 unspecified atom stereocenters. The van der Waals surface area contributed by atoms with Crippen LogP contribution in [0.2, 0.25) is 0 Å². The van der Waals surface area contributed by atoms with Gasteiger partial charge in [-0.25, -0.2) is 4.98 Å². The van der Waals surface area contributed by atoms with Gasteiger partial charge in [-0.15, -0.1) is 11.6 Å². The molecule has 0 spiro atoms. The molecule has 4 rings (SSSR count). The van der Waals surface area contributed by atoms with E-state index in [1.54, 1.807) is 0 Å². The third-order valence-corrected chi connectivity index (χ3v) is 5.34. The highest BCUT2D eigenvalue weighted by Crippen LogP contribution is 2.50. The van der Waals surface area contributed by atoms with Gasteiger partial charge in [0.25, 0.3) is 0 Å². The van der Waals surface area contributed by atoms with Crippen molar-refractivity contribution in [3.05, 3.63) is 29.6 Å². The Morgan fingerprint density at radius 3 is 2.57 bits per heavy atom. The Kier molecular flexibility index (Phi) is 3.45. The van der Waals surface area contributed by atoms with E-state index < -0.39 is 0 Å². The van der Waals surface area contributed by atoms with Gasteiger partial charge in [0, 0.05) is 18.8 Å². The molecule has 2 aliphatic rings. The lowest BCUT2D eigenvalue weighted by Crippen LogP contribution is -2.17. The molecule has 2 fully saturated rings. The zero-order chi connectivity index (χ0) is 14.4. The number of aromatic nitrogens is 2. The minimum absolute atomic E-state index is 0.653. The van der Waals surface area contributed by atoms with Crippen molar-refractivity contribution in [2.24, 2.45) is 17.8 Å². The van der Waals surface area contributed by atoms with E-state index in [2.05, 4.69) is 29.7 Å². The molecule has 0 atom stereocenters. The zero-order valence-corrected chi connectivity index (χ0v) is 13.4. The Morgan fingerprint density at radius 2 is 1.95 bits per heavy atom. The van der Waals surface area contributed by atoms with Crippen molar-refractivity contribution >= 4 is 22.6 Å². The van der Waals surface area contributed by atoms with Crippen molar-refractivity contribution < 1.29 is 0 Å². The predicted molar refractivity (Wildman–Crippen MR) is 87.8 cm³/mol. The van der Waals surface area contributed by atoms with Gasteiger partial charge in [0.2, 0.25) is 0 Å². The molecule has 2 aliphatic carbocycles. The van der Waals surface area contributed by atoms with Gasteiger partial charge < -0.3 is 4.57 Å². The number of imidazole rings is 1. The fourth-order valence-electron chi connectivity index (χ4n) is 3.71. The van der Waals surface area contributed by atoms with E-state index in [1.807, 2.05) is 0 Å². The predicted octanol–water partition coefficient (Wildman–Crippen LogP) is 4.56. The number of hydrogen-bond donors (Lipinski definition) is 0. The van der Waals surface area contributed by atoms with E-state index >= 15 is 0 Å². The van der Waals surface area contributed by atoms with Crippen molar-refractivity contribution in [1.29, 1.82) is 0 Å². The van der Waals surface area contributed by atoms with Crippen LogP contribution in [0.15, 0.2) is 18.2 Å². The lowest BCUT2D eigenvalue weighted by molar-refractivity contribution is 0.349. The Bertz CT molecular complexity index is 641. The van der Waals surface area contributed by atoms with Gasteiger partial charge in [-0.05, 0) is 68.1 Å². The molecule has 0 N–H and O–H groups in total. The second-order valence-corrected chi connectivity index (χ2v) is 7.29. The maximum absolute atomic E-state index is 6.00. The largest absolute Gasteiger partial charge is 0.328 e. The number of halogens is 1. The normalized spacial score (nSPS) is 18.8. The SMILES string of the molecule is Cc1ccc2c(c1)nc(CCCl)n2CC(C1CC1)C1CC1. The van der Waals surface area contributed by atoms with E-state index in [1.165, 1.54) is 42.6 Å². The number of alkyl halides is 1. The standard InChI is InChI=1S/C18H23ClN2/c1-12-2-7-17-16(10-12)20-18(8-9-19)21(17)11-15(13-3-4-13)14-5-6-14/h2,7,10,13-15H,3-6,8-9,11H2,1H3. The van der Waals surface area contributed by atoms with E-state index in [9.17, 15) is 0 Å². The highest BCUT2D eigenvalue weighted by atomic mass is 35.5. The first-order chi connectivity index (χ1) is 10.3. The summed E-state index contributed by atoms with van der Waals surface area (Å²) >= 11 is 6.00. The van der Waals surface area contributed by atoms with Crippen LogP contribution < -0.4 is 0 Å². The number of nitrogens with zero attached hydrogens (tertiary/aromatic N) is 2. The summed E-state index contributed by atoms with van der Waals surface area (Å²) in [5.41, 5.74) is 3.72. The highest BCUT2D eigenvalue weighted by molar-refractivity contribution is 6.17. The van der Waals surface area contributed by atoms with E-state index in [4.69, 9.17) is 16.6 Å². The maximum Gasteiger partial charge on any atom is 0.111 e. The molecule has 21 heavy (non-hydrogen) atoms. The fourth-order valence-corrected chi connectivity index (χ4v) is 3.88. The quantitative estimate of drug-likeness (QED) is 0.715. The first-order valence-corrected chi connectivity index (χ1v) is 8.81. The first-order valence-electron chi connectivity index (χ1n) is 8.28. The Balaban J connectivity index is 1.72. The molecule has 2 saturated carbocycles. The van der Waals surface area contributed by atoms with Crippen molar-refractivity contribution in [3.63, 3.8) is 0 Å². The van der Waals surface area contributed by atoms with Gasteiger partial charge in [-0.1, -0.05) is 6.07 Å².